The molecule has 0 aliphatic heterocycles. The van der Waals surface area contributed by atoms with Gasteiger partial charge >= 0.3 is 7.32 Å². The minimum absolute atomic E-state index is 0.425. The van der Waals surface area contributed by atoms with Crippen molar-refractivity contribution in [3.63, 3.8) is 0 Å². The van der Waals surface area contributed by atoms with E-state index in [1.165, 1.54) is 11.8 Å². The molecule has 2 N–H and O–H groups in total. The van der Waals surface area contributed by atoms with Crippen molar-refractivity contribution in [2.45, 2.75) is 4.90 Å². The van der Waals surface area contributed by atoms with E-state index in [4.69, 9.17) is 14.7 Å². The second kappa shape index (κ2) is 4.73. The van der Waals surface area contributed by atoms with Gasteiger partial charge in [-0.1, -0.05) is 6.07 Å². The molecule has 0 amide bonds. The summed E-state index contributed by atoms with van der Waals surface area (Å²) in [6, 6.07) is 7.40. The molecule has 0 saturated carbocycles. The summed E-state index contributed by atoms with van der Waals surface area (Å²) in [4.78, 5) is 5.01. The summed E-state index contributed by atoms with van der Waals surface area (Å²) in [7, 11) is -1.81. The summed E-state index contributed by atoms with van der Waals surface area (Å²) in [6.07, 6.45) is 3.58. The Morgan fingerprint density at radius 3 is 2.88 bits per heavy atom. The van der Waals surface area contributed by atoms with Crippen molar-refractivity contribution in [3.05, 3.63) is 30.5 Å². The summed E-state index contributed by atoms with van der Waals surface area (Å²) in [5.41, 5.74) is 0.760. The van der Waals surface area contributed by atoms with E-state index >= 15 is 0 Å². The first-order chi connectivity index (χ1) is 7.70. The van der Waals surface area contributed by atoms with Crippen molar-refractivity contribution < 1.29 is 14.7 Å². The lowest BCUT2D eigenvalue weighted by Crippen LogP contribution is -2.20. The number of benzene rings is 1. The van der Waals surface area contributed by atoms with Crippen LogP contribution < -0.4 is 4.65 Å². The van der Waals surface area contributed by atoms with Crippen LogP contribution in [0.1, 0.15) is 0 Å². The molecule has 0 atom stereocenters. The van der Waals surface area contributed by atoms with Crippen molar-refractivity contribution in [3.8, 4) is 5.75 Å². The van der Waals surface area contributed by atoms with Crippen molar-refractivity contribution in [2.24, 2.45) is 0 Å². The van der Waals surface area contributed by atoms with Crippen LogP contribution in [-0.4, -0.2) is 28.6 Å². The number of hydrogen-bond acceptors (Lipinski definition) is 5. The van der Waals surface area contributed by atoms with Crippen molar-refractivity contribution >= 4 is 30.0 Å². The molecule has 0 radical (unpaired) electrons. The first-order valence-corrected chi connectivity index (χ1v) is 5.89. The molecule has 6 heteroatoms. The molecule has 4 nitrogen and oxygen atoms in total. The van der Waals surface area contributed by atoms with Crippen molar-refractivity contribution in [1.29, 1.82) is 0 Å². The predicted molar refractivity (Wildman–Crippen MR) is 64.3 cm³/mol. The Bertz CT molecular complexity index is 506. The Balaban J connectivity index is 2.53. The van der Waals surface area contributed by atoms with E-state index < -0.39 is 7.32 Å². The number of hydrogen-bond donors (Lipinski definition) is 2. The van der Waals surface area contributed by atoms with Gasteiger partial charge in [-0.2, -0.15) is 0 Å². The van der Waals surface area contributed by atoms with Crippen LogP contribution in [0.3, 0.4) is 0 Å². The number of fused-ring (bicyclic) bond motifs is 1. The maximum Gasteiger partial charge on any atom is 0.707 e. The maximum absolute atomic E-state index is 8.80. The molecular weight excluding hydrogens is 225 g/mol. The van der Waals surface area contributed by atoms with Crippen LogP contribution in [0.4, 0.5) is 0 Å². The molecule has 0 spiro atoms. The van der Waals surface area contributed by atoms with Crippen LogP contribution in [0.2, 0.25) is 0 Å². The molecule has 82 valence electrons. The molecule has 0 unspecified atom stereocenters. The number of aromatic nitrogens is 1. The second-order valence-electron chi connectivity index (χ2n) is 3.14. The largest absolute Gasteiger partial charge is 0.707 e. The van der Waals surface area contributed by atoms with Gasteiger partial charge in [-0.3, -0.25) is 4.98 Å². The van der Waals surface area contributed by atoms with Crippen LogP contribution in [0, 0.1) is 0 Å². The third-order valence-electron chi connectivity index (χ3n) is 2.12. The fourth-order valence-corrected chi connectivity index (χ4v) is 2.00. The van der Waals surface area contributed by atoms with Gasteiger partial charge in [-0.05, 0) is 18.4 Å². The standard InChI is InChI=1S/C10H10BNO3S/c1-16-10-5-7-3-2-4-12-8(7)6-9(10)15-11(13)14/h2-6,13-14H,1H3. The van der Waals surface area contributed by atoms with Crippen LogP contribution in [0.15, 0.2) is 35.4 Å². The number of nitrogens with zero attached hydrogens (tertiary/aromatic N) is 1. The topological polar surface area (TPSA) is 62.6 Å². The Kier molecular flexibility index (Phi) is 3.33. The lowest BCUT2D eigenvalue weighted by molar-refractivity contribution is 0.285. The van der Waals surface area contributed by atoms with Gasteiger partial charge in [0.05, 0.1) is 5.52 Å². The molecule has 2 rings (SSSR count). The monoisotopic (exact) mass is 235 g/mol. The summed E-state index contributed by atoms with van der Waals surface area (Å²) < 4.78 is 4.89. The lowest BCUT2D eigenvalue weighted by Gasteiger charge is -2.10. The van der Waals surface area contributed by atoms with Gasteiger partial charge in [-0.25, -0.2) is 0 Å². The predicted octanol–water partition coefficient (Wildman–Crippen LogP) is 1.30. The summed E-state index contributed by atoms with van der Waals surface area (Å²) in [6.45, 7) is 0. The van der Waals surface area contributed by atoms with Crippen LogP contribution in [-0.2, 0) is 0 Å². The molecule has 1 heterocycles. The van der Waals surface area contributed by atoms with Gasteiger partial charge in [-0.15, -0.1) is 11.8 Å². The molecule has 0 aliphatic carbocycles. The van der Waals surface area contributed by atoms with Crippen LogP contribution >= 0.6 is 11.8 Å². The average molecular weight is 235 g/mol. The van der Waals surface area contributed by atoms with E-state index in [0.29, 0.717) is 5.75 Å². The first kappa shape index (κ1) is 11.3. The van der Waals surface area contributed by atoms with Crippen LogP contribution in [0.5, 0.6) is 5.75 Å². The first-order valence-electron chi connectivity index (χ1n) is 4.66. The van der Waals surface area contributed by atoms with Crippen molar-refractivity contribution in [2.75, 3.05) is 6.26 Å². The fraction of sp³-hybridized carbons (Fsp3) is 0.100. The zero-order valence-corrected chi connectivity index (χ0v) is 9.44. The van der Waals surface area contributed by atoms with E-state index in [1.54, 1.807) is 12.3 Å². The second-order valence-corrected chi connectivity index (χ2v) is 3.99. The van der Waals surface area contributed by atoms with E-state index in [-0.39, 0.29) is 0 Å². The number of thioether (sulfide) groups is 1. The Labute approximate surface area is 97.5 Å². The quantitative estimate of drug-likeness (QED) is 0.620. The van der Waals surface area contributed by atoms with Gasteiger partial charge in [0, 0.05) is 22.5 Å². The highest BCUT2D eigenvalue weighted by molar-refractivity contribution is 7.98. The number of pyridine rings is 1. The summed E-state index contributed by atoms with van der Waals surface area (Å²) >= 11 is 1.48. The molecule has 1 aromatic carbocycles. The van der Waals surface area contributed by atoms with Gasteiger partial charge in [0.1, 0.15) is 5.75 Å². The van der Waals surface area contributed by atoms with Crippen molar-refractivity contribution in [1.82, 2.24) is 4.98 Å². The van der Waals surface area contributed by atoms with Crippen LogP contribution in [0.25, 0.3) is 10.9 Å². The van der Waals surface area contributed by atoms with E-state index in [0.717, 1.165) is 15.8 Å². The van der Waals surface area contributed by atoms with E-state index in [1.807, 2.05) is 24.5 Å². The van der Waals surface area contributed by atoms with Gasteiger partial charge < -0.3 is 14.7 Å². The highest BCUT2D eigenvalue weighted by atomic mass is 32.2. The van der Waals surface area contributed by atoms with Gasteiger partial charge in [0.2, 0.25) is 0 Å². The van der Waals surface area contributed by atoms with E-state index in [2.05, 4.69) is 4.98 Å². The van der Waals surface area contributed by atoms with Gasteiger partial charge in [0.15, 0.2) is 0 Å². The molecule has 0 saturated heterocycles. The minimum Gasteiger partial charge on any atom is -0.511 e. The normalized spacial score (nSPS) is 10.4. The SMILES string of the molecule is CSc1cc2cccnc2cc1OB(O)O. The fourth-order valence-electron chi connectivity index (χ4n) is 1.45. The number of rotatable bonds is 3. The molecule has 16 heavy (non-hydrogen) atoms. The molecule has 0 bridgehead atoms. The highest BCUT2D eigenvalue weighted by Crippen LogP contribution is 2.31. The average Bonchev–Trinajstić information content (AvgIpc) is 2.27. The summed E-state index contributed by atoms with van der Waals surface area (Å²) in [5, 5.41) is 18.6. The Morgan fingerprint density at radius 2 is 2.19 bits per heavy atom. The summed E-state index contributed by atoms with van der Waals surface area (Å²) in [5.74, 6) is 0.425. The molecule has 0 fully saturated rings. The lowest BCUT2D eigenvalue weighted by atomic mass is 10.2. The minimum atomic E-state index is -1.81. The zero-order valence-electron chi connectivity index (χ0n) is 8.62. The Hall–Kier alpha value is -1.24. The van der Waals surface area contributed by atoms with E-state index in [9.17, 15) is 0 Å². The highest BCUT2D eigenvalue weighted by Gasteiger charge is 2.15. The Morgan fingerprint density at radius 1 is 1.38 bits per heavy atom. The zero-order chi connectivity index (χ0) is 11.5. The molecule has 0 aliphatic rings. The maximum atomic E-state index is 8.80. The molecule has 1 aromatic heterocycles. The van der Waals surface area contributed by atoms with Gasteiger partial charge in [0.25, 0.3) is 0 Å². The molecular formula is C10H10BNO3S. The smallest absolute Gasteiger partial charge is 0.511 e. The third kappa shape index (κ3) is 2.29. The molecule has 2 aromatic rings. The third-order valence-corrected chi connectivity index (χ3v) is 2.88.